The topological polar surface area (TPSA) is 85.8 Å². The molecule has 0 saturated carbocycles. The van der Waals surface area contributed by atoms with Crippen molar-refractivity contribution in [1.29, 1.82) is 0 Å². The van der Waals surface area contributed by atoms with Gasteiger partial charge in [0.2, 0.25) is 5.95 Å². The third-order valence-corrected chi connectivity index (χ3v) is 7.29. The average Bonchev–Trinajstić information content (AvgIpc) is 3.35. The number of ether oxygens (including phenoxy) is 3. The lowest BCUT2D eigenvalue weighted by Crippen LogP contribution is -2.62. The van der Waals surface area contributed by atoms with Gasteiger partial charge in [-0.3, -0.25) is 10.1 Å². The normalized spacial score (nSPS) is 20.4. The molecule has 1 aliphatic heterocycles. The summed E-state index contributed by atoms with van der Waals surface area (Å²) >= 11 is 1.61. The van der Waals surface area contributed by atoms with E-state index in [0.717, 1.165) is 28.1 Å². The highest BCUT2D eigenvalue weighted by molar-refractivity contribution is 7.16. The molecule has 1 aliphatic rings. The quantitative estimate of drug-likeness (QED) is 0.453. The molecule has 4 rings (SSSR count). The van der Waals surface area contributed by atoms with Crippen LogP contribution in [0.3, 0.4) is 0 Å². The Bertz CT molecular complexity index is 1140. The molecule has 1 saturated heterocycles. The third-order valence-electron chi connectivity index (χ3n) is 6.47. The first-order valence-corrected chi connectivity index (χ1v) is 12.5. The zero-order valence-corrected chi connectivity index (χ0v) is 21.0. The van der Waals surface area contributed by atoms with E-state index in [1.54, 1.807) is 25.6 Å². The molecule has 1 fully saturated rings. The number of nitrogens with one attached hydrogen (secondary N) is 1. The summed E-state index contributed by atoms with van der Waals surface area (Å²) in [4.78, 5) is 25.8. The molecular weight excluding hydrogens is 452 g/mol. The first-order valence-electron chi connectivity index (χ1n) is 11.6. The van der Waals surface area contributed by atoms with E-state index >= 15 is 0 Å². The summed E-state index contributed by atoms with van der Waals surface area (Å²) in [6.07, 6.45) is 3.96. The molecule has 0 spiro atoms. The van der Waals surface area contributed by atoms with E-state index in [1.165, 1.54) is 0 Å². The van der Waals surface area contributed by atoms with Crippen LogP contribution < -0.4 is 19.7 Å². The fourth-order valence-corrected chi connectivity index (χ4v) is 5.31. The first kappa shape index (κ1) is 24.2. The second-order valence-corrected chi connectivity index (χ2v) is 9.30. The molecular formula is C25H32N4O4S. The van der Waals surface area contributed by atoms with Gasteiger partial charge in [-0.05, 0) is 55.3 Å². The van der Waals surface area contributed by atoms with Crippen LogP contribution in [0.2, 0.25) is 0 Å². The van der Waals surface area contributed by atoms with Crippen molar-refractivity contribution in [2.75, 3.05) is 32.3 Å². The number of carbonyl (C=O) groups excluding carboxylic acids is 1. The summed E-state index contributed by atoms with van der Waals surface area (Å²) < 4.78 is 16.3. The van der Waals surface area contributed by atoms with Crippen LogP contribution >= 0.6 is 11.3 Å². The van der Waals surface area contributed by atoms with Crippen molar-refractivity contribution in [3.8, 4) is 11.5 Å². The number of piperidine rings is 1. The number of fused-ring (bicyclic) bond motifs is 1. The molecule has 9 heteroatoms. The number of esters is 1. The van der Waals surface area contributed by atoms with Gasteiger partial charge in [0.1, 0.15) is 10.4 Å². The van der Waals surface area contributed by atoms with Crippen molar-refractivity contribution < 1.29 is 19.0 Å². The van der Waals surface area contributed by atoms with Gasteiger partial charge in [0.05, 0.1) is 20.8 Å². The minimum atomic E-state index is -0.784. The lowest BCUT2D eigenvalue weighted by atomic mass is 9.82. The standard InChI is InChI=1S/C25H32N4O4S/c1-5-19-14-25(23(30)33-6-2,27-15-17-7-8-20(31-3)21(13-17)32-4)10-11-29(19)24-26-16-18-9-12-34-22(18)28-24/h7-9,12-13,16,19,27H,5-6,10-11,14-15H2,1-4H3. The predicted octanol–water partition coefficient (Wildman–Crippen LogP) is 4.18. The Labute approximate surface area is 204 Å². The number of carbonyl (C=O) groups is 1. The van der Waals surface area contributed by atoms with Crippen molar-refractivity contribution in [2.24, 2.45) is 0 Å². The van der Waals surface area contributed by atoms with E-state index in [1.807, 2.05) is 42.8 Å². The molecule has 8 nitrogen and oxygen atoms in total. The lowest BCUT2D eigenvalue weighted by Gasteiger charge is -2.45. The van der Waals surface area contributed by atoms with Gasteiger partial charge >= 0.3 is 5.97 Å². The van der Waals surface area contributed by atoms with Crippen LogP contribution in [0.4, 0.5) is 5.95 Å². The van der Waals surface area contributed by atoms with Gasteiger partial charge in [0.25, 0.3) is 0 Å². The van der Waals surface area contributed by atoms with Crippen LogP contribution in [0.15, 0.2) is 35.8 Å². The monoisotopic (exact) mass is 484 g/mol. The van der Waals surface area contributed by atoms with E-state index in [9.17, 15) is 4.79 Å². The summed E-state index contributed by atoms with van der Waals surface area (Å²) in [5.41, 5.74) is 0.219. The first-order chi connectivity index (χ1) is 16.5. The number of methoxy groups -OCH3 is 2. The van der Waals surface area contributed by atoms with Crippen LogP contribution in [-0.2, 0) is 16.1 Å². The van der Waals surface area contributed by atoms with Crippen LogP contribution in [-0.4, -0.2) is 54.9 Å². The number of hydrogen-bond donors (Lipinski definition) is 1. The summed E-state index contributed by atoms with van der Waals surface area (Å²) in [5.74, 6) is 1.85. The fourth-order valence-electron chi connectivity index (χ4n) is 4.57. The maximum atomic E-state index is 13.2. The van der Waals surface area contributed by atoms with E-state index in [-0.39, 0.29) is 12.0 Å². The summed E-state index contributed by atoms with van der Waals surface area (Å²) in [7, 11) is 3.23. The number of rotatable bonds is 9. The second-order valence-electron chi connectivity index (χ2n) is 8.41. The van der Waals surface area contributed by atoms with Crippen LogP contribution in [0.1, 0.15) is 38.7 Å². The Morgan fingerprint density at radius 1 is 1.24 bits per heavy atom. The molecule has 1 aromatic carbocycles. The smallest absolute Gasteiger partial charge is 0.326 e. The Morgan fingerprint density at radius 3 is 2.79 bits per heavy atom. The Kier molecular flexibility index (Phi) is 7.53. The zero-order chi connectivity index (χ0) is 24.1. The summed E-state index contributed by atoms with van der Waals surface area (Å²) in [5, 5.41) is 6.63. The number of aromatic nitrogens is 2. The van der Waals surface area contributed by atoms with Crippen molar-refractivity contribution in [1.82, 2.24) is 15.3 Å². The predicted molar refractivity (Wildman–Crippen MR) is 134 cm³/mol. The van der Waals surface area contributed by atoms with Gasteiger partial charge < -0.3 is 19.1 Å². The Morgan fingerprint density at radius 2 is 2.06 bits per heavy atom. The van der Waals surface area contributed by atoms with Gasteiger partial charge in [-0.25, -0.2) is 9.97 Å². The van der Waals surface area contributed by atoms with E-state index in [0.29, 0.717) is 44.0 Å². The van der Waals surface area contributed by atoms with Gasteiger partial charge in [-0.1, -0.05) is 13.0 Å². The zero-order valence-electron chi connectivity index (χ0n) is 20.2. The molecule has 0 radical (unpaired) electrons. The second kappa shape index (κ2) is 10.6. The van der Waals surface area contributed by atoms with E-state index in [4.69, 9.17) is 19.2 Å². The van der Waals surface area contributed by atoms with Crippen LogP contribution in [0.5, 0.6) is 11.5 Å². The van der Waals surface area contributed by atoms with Crippen LogP contribution in [0, 0.1) is 0 Å². The van der Waals surface area contributed by atoms with Crippen molar-refractivity contribution in [3.63, 3.8) is 0 Å². The summed E-state index contributed by atoms with van der Waals surface area (Å²) in [6, 6.07) is 7.92. The molecule has 0 amide bonds. The van der Waals surface area contributed by atoms with Crippen LogP contribution in [0.25, 0.3) is 10.2 Å². The molecule has 0 bridgehead atoms. The molecule has 3 heterocycles. The summed E-state index contributed by atoms with van der Waals surface area (Å²) in [6.45, 7) is 5.49. The van der Waals surface area contributed by atoms with E-state index in [2.05, 4.69) is 22.1 Å². The molecule has 0 aliphatic carbocycles. The SMILES string of the molecule is CCOC(=O)C1(NCc2ccc(OC)c(OC)c2)CCN(c2ncc3ccsc3n2)C(CC)C1. The highest BCUT2D eigenvalue weighted by Gasteiger charge is 2.46. The van der Waals surface area contributed by atoms with E-state index < -0.39 is 5.54 Å². The van der Waals surface area contributed by atoms with Gasteiger partial charge in [-0.2, -0.15) is 0 Å². The molecule has 182 valence electrons. The Hall–Kier alpha value is -2.91. The van der Waals surface area contributed by atoms with Crippen molar-refractivity contribution >= 4 is 33.5 Å². The molecule has 2 aromatic heterocycles. The molecule has 1 N–H and O–H groups in total. The maximum Gasteiger partial charge on any atom is 0.326 e. The Balaban J connectivity index is 1.56. The minimum absolute atomic E-state index is 0.105. The minimum Gasteiger partial charge on any atom is -0.493 e. The number of hydrogen-bond acceptors (Lipinski definition) is 9. The molecule has 2 unspecified atom stereocenters. The van der Waals surface area contributed by atoms with Crippen molar-refractivity contribution in [2.45, 2.75) is 51.2 Å². The third kappa shape index (κ3) is 4.81. The highest BCUT2D eigenvalue weighted by atomic mass is 32.1. The number of thiophene rings is 1. The van der Waals surface area contributed by atoms with Crippen molar-refractivity contribution in [3.05, 3.63) is 41.4 Å². The molecule has 2 atom stereocenters. The number of nitrogens with zero attached hydrogens (tertiary/aromatic N) is 3. The lowest BCUT2D eigenvalue weighted by molar-refractivity contribution is -0.153. The highest BCUT2D eigenvalue weighted by Crippen LogP contribution is 2.34. The van der Waals surface area contributed by atoms with Gasteiger partial charge in [-0.15, -0.1) is 11.3 Å². The molecule has 34 heavy (non-hydrogen) atoms. The number of benzene rings is 1. The number of anilines is 1. The molecule has 3 aromatic rings. The van der Waals surface area contributed by atoms with Gasteiger partial charge in [0, 0.05) is 30.7 Å². The van der Waals surface area contributed by atoms with Gasteiger partial charge in [0.15, 0.2) is 11.5 Å². The average molecular weight is 485 g/mol. The largest absolute Gasteiger partial charge is 0.493 e. The maximum absolute atomic E-state index is 13.2. The fraction of sp³-hybridized carbons (Fsp3) is 0.480.